The van der Waals surface area contributed by atoms with E-state index in [0.29, 0.717) is 5.75 Å². The second-order valence-electron chi connectivity index (χ2n) is 9.61. The normalized spacial score (nSPS) is 18.2. The Hall–Kier alpha value is -2.19. The predicted octanol–water partition coefficient (Wildman–Crippen LogP) is 8.58. The molecule has 1 N–H and O–H groups in total. The van der Waals surface area contributed by atoms with Crippen molar-refractivity contribution in [3.8, 4) is 5.75 Å². The Morgan fingerprint density at radius 3 is 1.19 bits per heavy atom. The number of phenols is 1. The van der Waals surface area contributed by atoms with Crippen molar-refractivity contribution >= 4 is 10.9 Å². The Labute approximate surface area is 196 Å². The van der Waals surface area contributed by atoms with E-state index in [0.717, 1.165) is 11.8 Å². The first kappa shape index (κ1) is 21.6. The summed E-state index contributed by atoms with van der Waals surface area (Å²) in [5.41, 5.74) is 3.02. The largest absolute Gasteiger partial charge is 0.508 e. The van der Waals surface area contributed by atoms with Crippen molar-refractivity contribution < 1.29 is 5.11 Å². The molecule has 0 unspecified atom stereocenters. The molecule has 2 heteroatoms. The highest BCUT2D eigenvalue weighted by Crippen LogP contribution is 2.38. The fraction of sp³-hybridized carbons (Fsp3) is 0.400. The lowest BCUT2D eigenvalue weighted by molar-refractivity contribution is 0.443. The fourth-order valence-electron chi connectivity index (χ4n) is 5.61. The van der Waals surface area contributed by atoms with E-state index >= 15 is 0 Å². The molecule has 3 aromatic rings. The minimum Gasteiger partial charge on any atom is -0.508 e. The quantitative estimate of drug-likeness (QED) is 0.391. The van der Waals surface area contributed by atoms with E-state index in [2.05, 4.69) is 60.7 Å². The maximum atomic E-state index is 9.84. The van der Waals surface area contributed by atoms with Gasteiger partial charge in [-0.1, -0.05) is 62.8 Å². The molecule has 32 heavy (non-hydrogen) atoms. The molecule has 2 aliphatic carbocycles. The van der Waals surface area contributed by atoms with Gasteiger partial charge >= 0.3 is 0 Å². The van der Waals surface area contributed by atoms with E-state index in [9.17, 15) is 5.11 Å². The van der Waals surface area contributed by atoms with Gasteiger partial charge in [0, 0.05) is 0 Å². The zero-order valence-electron chi connectivity index (χ0n) is 19.0. The van der Waals surface area contributed by atoms with Gasteiger partial charge in [-0.25, -0.2) is 0 Å². The molecule has 2 fully saturated rings. The second-order valence-corrected chi connectivity index (χ2v) is 11.6. The Balaban J connectivity index is 1.45. The first-order chi connectivity index (χ1) is 15.8. The summed E-state index contributed by atoms with van der Waals surface area (Å²) < 4.78 is 0. The summed E-state index contributed by atoms with van der Waals surface area (Å²) in [5.74, 6) is 1.81. The van der Waals surface area contributed by atoms with Gasteiger partial charge in [-0.15, -0.1) is 0 Å². The number of hydrogen-bond acceptors (Lipinski definition) is 1. The average molecular weight is 444 g/mol. The van der Waals surface area contributed by atoms with Gasteiger partial charge in [0.1, 0.15) is 5.75 Å². The standard InChI is InChI=1S/C30H34OS/c31-27-15-21-30(22-16-27)32(28-17-11-25(12-18-28)23-7-3-1-4-8-23)29-19-13-26(14-20-29)24-9-5-2-6-10-24/h11-24H,1-10H2/p+1. The third-order valence-corrected chi connectivity index (χ3v) is 9.69. The van der Waals surface area contributed by atoms with Gasteiger partial charge in [-0.3, -0.25) is 0 Å². The van der Waals surface area contributed by atoms with E-state index in [1.807, 2.05) is 12.1 Å². The molecule has 0 saturated heterocycles. The number of rotatable bonds is 5. The van der Waals surface area contributed by atoms with Gasteiger partial charge in [-0.2, -0.15) is 0 Å². The lowest BCUT2D eigenvalue weighted by Gasteiger charge is -2.22. The molecule has 1 nitrogen and oxygen atoms in total. The molecule has 2 aliphatic rings. The third kappa shape index (κ3) is 4.91. The van der Waals surface area contributed by atoms with E-state index in [1.54, 1.807) is 0 Å². The molecule has 0 aliphatic heterocycles. The lowest BCUT2D eigenvalue weighted by Crippen LogP contribution is -2.08. The summed E-state index contributed by atoms with van der Waals surface area (Å²) in [6.07, 6.45) is 13.6. The van der Waals surface area contributed by atoms with Crippen LogP contribution < -0.4 is 0 Å². The maximum Gasteiger partial charge on any atom is 0.166 e. The predicted molar refractivity (Wildman–Crippen MR) is 135 cm³/mol. The summed E-state index contributed by atoms with van der Waals surface area (Å²) in [4.78, 5) is 3.99. The van der Waals surface area contributed by atoms with Crippen LogP contribution in [-0.4, -0.2) is 5.11 Å². The smallest absolute Gasteiger partial charge is 0.166 e. The Kier molecular flexibility index (Phi) is 6.88. The molecule has 0 bridgehead atoms. The van der Waals surface area contributed by atoms with Crippen molar-refractivity contribution in [2.75, 3.05) is 0 Å². The minimum absolute atomic E-state index is 0.160. The molecule has 2 saturated carbocycles. The van der Waals surface area contributed by atoms with E-state index in [1.165, 1.54) is 90.0 Å². The minimum atomic E-state index is -0.160. The number of aromatic hydroxyl groups is 1. The highest BCUT2D eigenvalue weighted by Gasteiger charge is 2.29. The van der Waals surface area contributed by atoms with Crippen LogP contribution in [0.3, 0.4) is 0 Å². The summed E-state index contributed by atoms with van der Waals surface area (Å²) in [7, 11) is -0.160. The van der Waals surface area contributed by atoms with Crippen LogP contribution in [0.2, 0.25) is 0 Å². The van der Waals surface area contributed by atoms with Crippen LogP contribution in [0.25, 0.3) is 0 Å². The summed E-state index contributed by atoms with van der Waals surface area (Å²) in [6.45, 7) is 0. The van der Waals surface area contributed by atoms with Crippen LogP contribution in [-0.2, 0) is 10.9 Å². The highest BCUT2D eigenvalue weighted by atomic mass is 32.2. The molecule has 0 atom stereocenters. The number of phenolic OH excluding ortho intramolecular Hbond substituents is 1. The summed E-state index contributed by atoms with van der Waals surface area (Å²) in [6, 6.07) is 26.7. The van der Waals surface area contributed by atoms with Crippen LogP contribution >= 0.6 is 0 Å². The summed E-state index contributed by atoms with van der Waals surface area (Å²) in [5, 5.41) is 9.84. The molecule has 166 valence electrons. The SMILES string of the molecule is Oc1ccc([S+](c2ccc(C3CCCCC3)cc2)c2ccc(C3CCCCC3)cc2)cc1. The Morgan fingerprint density at radius 1 is 0.469 bits per heavy atom. The fourth-order valence-corrected chi connectivity index (χ4v) is 7.66. The number of hydrogen-bond donors (Lipinski definition) is 1. The molecule has 0 heterocycles. The van der Waals surface area contributed by atoms with Crippen molar-refractivity contribution in [1.29, 1.82) is 0 Å². The van der Waals surface area contributed by atoms with Crippen molar-refractivity contribution in [2.45, 2.75) is 90.7 Å². The molecule has 0 amide bonds. The first-order valence-electron chi connectivity index (χ1n) is 12.5. The zero-order chi connectivity index (χ0) is 21.8. The van der Waals surface area contributed by atoms with Crippen LogP contribution in [0.15, 0.2) is 87.5 Å². The van der Waals surface area contributed by atoms with Gasteiger partial charge in [0.2, 0.25) is 0 Å². The van der Waals surface area contributed by atoms with Crippen molar-refractivity contribution in [3.05, 3.63) is 83.9 Å². The van der Waals surface area contributed by atoms with Crippen molar-refractivity contribution in [1.82, 2.24) is 0 Å². The van der Waals surface area contributed by atoms with Crippen LogP contribution in [0, 0.1) is 0 Å². The number of benzene rings is 3. The highest BCUT2D eigenvalue weighted by molar-refractivity contribution is 7.97. The molecule has 5 rings (SSSR count). The topological polar surface area (TPSA) is 20.2 Å². The molecule has 0 aromatic heterocycles. The molecular weight excluding hydrogens is 408 g/mol. The lowest BCUT2D eigenvalue weighted by atomic mass is 9.84. The second kappa shape index (κ2) is 10.2. The van der Waals surface area contributed by atoms with E-state index in [-0.39, 0.29) is 10.9 Å². The van der Waals surface area contributed by atoms with Gasteiger partial charge in [0.15, 0.2) is 14.7 Å². The molecular formula is C30H35OS+. The van der Waals surface area contributed by atoms with Gasteiger partial charge < -0.3 is 5.11 Å². The van der Waals surface area contributed by atoms with Crippen molar-refractivity contribution in [2.24, 2.45) is 0 Å². The third-order valence-electron chi connectivity index (χ3n) is 7.46. The Morgan fingerprint density at radius 2 is 0.812 bits per heavy atom. The van der Waals surface area contributed by atoms with Crippen LogP contribution in [0.4, 0.5) is 0 Å². The van der Waals surface area contributed by atoms with Gasteiger partial charge in [-0.05, 0) is 97.2 Å². The zero-order valence-corrected chi connectivity index (χ0v) is 19.8. The summed E-state index contributed by atoms with van der Waals surface area (Å²) >= 11 is 0. The molecule has 3 aromatic carbocycles. The van der Waals surface area contributed by atoms with Gasteiger partial charge in [0.05, 0.1) is 10.9 Å². The van der Waals surface area contributed by atoms with Crippen LogP contribution in [0.1, 0.15) is 87.2 Å². The maximum absolute atomic E-state index is 9.84. The van der Waals surface area contributed by atoms with E-state index < -0.39 is 0 Å². The van der Waals surface area contributed by atoms with E-state index in [4.69, 9.17) is 0 Å². The molecule has 0 radical (unpaired) electrons. The van der Waals surface area contributed by atoms with Gasteiger partial charge in [0.25, 0.3) is 0 Å². The molecule has 0 spiro atoms. The first-order valence-corrected chi connectivity index (χ1v) is 13.7. The average Bonchev–Trinajstić information content (AvgIpc) is 2.87. The monoisotopic (exact) mass is 443 g/mol. The van der Waals surface area contributed by atoms with Crippen molar-refractivity contribution in [3.63, 3.8) is 0 Å². The van der Waals surface area contributed by atoms with Crippen LogP contribution in [0.5, 0.6) is 5.75 Å². The Bertz CT molecular complexity index is 917.